The van der Waals surface area contributed by atoms with E-state index in [1.54, 1.807) is 0 Å². The number of hydrogen-bond acceptors (Lipinski definition) is 3. The van der Waals surface area contributed by atoms with E-state index in [1.165, 1.54) is 11.3 Å². The first-order chi connectivity index (χ1) is 8.65. The van der Waals surface area contributed by atoms with Crippen LogP contribution in [0.5, 0.6) is 0 Å². The summed E-state index contributed by atoms with van der Waals surface area (Å²) in [4.78, 5) is 11.2. The van der Waals surface area contributed by atoms with Crippen molar-refractivity contribution in [3.63, 3.8) is 0 Å². The normalized spacial score (nSPS) is 17.9. The minimum atomic E-state index is 0.455. The average molecular weight is 239 g/mol. The smallest absolute Gasteiger partial charge is 0.137 e. The third-order valence-corrected chi connectivity index (χ3v) is 3.41. The van der Waals surface area contributed by atoms with Gasteiger partial charge in [0, 0.05) is 23.5 Å². The SMILES string of the molecule is Cc1cc(N2c3ccccc3CC2C)nc(C)n1. The topological polar surface area (TPSA) is 29.0 Å². The first-order valence-corrected chi connectivity index (χ1v) is 6.34. The van der Waals surface area contributed by atoms with Gasteiger partial charge in [0.1, 0.15) is 11.6 Å². The second-order valence-electron chi connectivity index (χ2n) is 4.97. The molecule has 0 aliphatic carbocycles. The molecule has 0 fully saturated rings. The number of fused-ring (bicyclic) bond motifs is 1. The van der Waals surface area contributed by atoms with E-state index >= 15 is 0 Å². The Balaban J connectivity index is 2.11. The fourth-order valence-electron chi connectivity index (χ4n) is 2.74. The highest BCUT2D eigenvalue weighted by Crippen LogP contribution is 2.37. The van der Waals surface area contributed by atoms with Gasteiger partial charge in [-0.2, -0.15) is 0 Å². The molecule has 1 aromatic heterocycles. The third-order valence-electron chi connectivity index (χ3n) is 3.41. The summed E-state index contributed by atoms with van der Waals surface area (Å²) in [6.45, 7) is 6.21. The van der Waals surface area contributed by atoms with Crippen molar-refractivity contribution < 1.29 is 0 Å². The monoisotopic (exact) mass is 239 g/mol. The summed E-state index contributed by atoms with van der Waals surface area (Å²) in [7, 11) is 0. The van der Waals surface area contributed by atoms with Gasteiger partial charge in [-0.25, -0.2) is 9.97 Å². The first-order valence-electron chi connectivity index (χ1n) is 6.34. The van der Waals surface area contributed by atoms with Crippen molar-refractivity contribution in [2.45, 2.75) is 33.2 Å². The summed E-state index contributed by atoms with van der Waals surface area (Å²) in [6.07, 6.45) is 1.08. The minimum absolute atomic E-state index is 0.455. The van der Waals surface area contributed by atoms with E-state index < -0.39 is 0 Å². The summed E-state index contributed by atoms with van der Waals surface area (Å²) in [6, 6.07) is 11.1. The molecule has 3 nitrogen and oxygen atoms in total. The van der Waals surface area contributed by atoms with Gasteiger partial charge in [0.05, 0.1) is 0 Å². The van der Waals surface area contributed by atoms with Crippen LogP contribution in [0.4, 0.5) is 11.5 Å². The standard InChI is InChI=1S/C15H17N3/c1-10-8-15(17-12(3)16-10)18-11(2)9-13-6-4-5-7-14(13)18/h4-8,11H,9H2,1-3H3. The lowest BCUT2D eigenvalue weighted by Crippen LogP contribution is -2.25. The Hall–Kier alpha value is -1.90. The zero-order valence-corrected chi connectivity index (χ0v) is 11.0. The Morgan fingerprint density at radius 1 is 1.17 bits per heavy atom. The van der Waals surface area contributed by atoms with Crippen molar-refractivity contribution in [2.75, 3.05) is 4.90 Å². The zero-order chi connectivity index (χ0) is 12.7. The number of rotatable bonds is 1. The molecular weight excluding hydrogens is 222 g/mol. The van der Waals surface area contributed by atoms with Gasteiger partial charge in [-0.15, -0.1) is 0 Å². The lowest BCUT2D eigenvalue weighted by Gasteiger charge is -2.24. The maximum atomic E-state index is 4.58. The molecule has 2 heterocycles. The maximum absolute atomic E-state index is 4.58. The number of hydrogen-bond donors (Lipinski definition) is 0. The predicted molar refractivity (Wildman–Crippen MR) is 73.3 cm³/mol. The highest BCUT2D eigenvalue weighted by molar-refractivity contribution is 5.68. The van der Waals surface area contributed by atoms with Crippen molar-refractivity contribution in [3.05, 3.63) is 47.4 Å². The molecule has 3 heteroatoms. The highest BCUT2D eigenvalue weighted by Gasteiger charge is 2.27. The van der Waals surface area contributed by atoms with Gasteiger partial charge in [0.25, 0.3) is 0 Å². The largest absolute Gasteiger partial charge is 0.323 e. The number of aryl methyl sites for hydroxylation is 2. The first kappa shape index (κ1) is 11.2. The van der Waals surface area contributed by atoms with E-state index in [-0.39, 0.29) is 0 Å². The van der Waals surface area contributed by atoms with E-state index in [0.717, 1.165) is 23.8 Å². The van der Waals surface area contributed by atoms with E-state index in [9.17, 15) is 0 Å². The van der Waals surface area contributed by atoms with Crippen LogP contribution in [0.3, 0.4) is 0 Å². The summed E-state index contributed by atoms with van der Waals surface area (Å²) < 4.78 is 0. The average Bonchev–Trinajstić information content (AvgIpc) is 2.63. The van der Waals surface area contributed by atoms with Gasteiger partial charge in [0.15, 0.2) is 0 Å². The van der Waals surface area contributed by atoms with Gasteiger partial charge in [-0.05, 0) is 38.8 Å². The highest BCUT2D eigenvalue weighted by atomic mass is 15.2. The molecule has 0 N–H and O–H groups in total. The van der Waals surface area contributed by atoms with Crippen molar-refractivity contribution in [3.8, 4) is 0 Å². The fraction of sp³-hybridized carbons (Fsp3) is 0.333. The molecule has 3 rings (SSSR count). The number of nitrogens with zero attached hydrogens (tertiary/aromatic N) is 3. The van der Waals surface area contributed by atoms with E-state index in [2.05, 4.69) is 52.1 Å². The van der Waals surface area contributed by atoms with Crippen molar-refractivity contribution in [2.24, 2.45) is 0 Å². The van der Waals surface area contributed by atoms with E-state index in [0.29, 0.717) is 6.04 Å². The van der Waals surface area contributed by atoms with Gasteiger partial charge >= 0.3 is 0 Å². The number of benzene rings is 1. The van der Waals surface area contributed by atoms with Crippen LogP contribution < -0.4 is 4.90 Å². The number of anilines is 2. The van der Waals surface area contributed by atoms with Crippen LogP contribution in [-0.4, -0.2) is 16.0 Å². The molecule has 2 aromatic rings. The minimum Gasteiger partial charge on any atom is -0.323 e. The lowest BCUT2D eigenvalue weighted by molar-refractivity contribution is 0.746. The second-order valence-corrected chi connectivity index (χ2v) is 4.97. The van der Waals surface area contributed by atoms with Gasteiger partial charge in [0.2, 0.25) is 0 Å². The van der Waals surface area contributed by atoms with Crippen LogP contribution >= 0.6 is 0 Å². The third kappa shape index (κ3) is 1.76. The maximum Gasteiger partial charge on any atom is 0.137 e. The summed E-state index contributed by atoms with van der Waals surface area (Å²) in [5.41, 5.74) is 3.70. The molecule has 1 aliphatic heterocycles. The fourth-order valence-corrected chi connectivity index (χ4v) is 2.74. The van der Waals surface area contributed by atoms with Gasteiger partial charge < -0.3 is 4.90 Å². The van der Waals surface area contributed by atoms with Crippen LogP contribution in [0.1, 0.15) is 24.0 Å². The molecule has 0 radical (unpaired) electrons. The number of aromatic nitrogens is 2. The van der Waals surface area contributed by atoms with Crippen molar-refractivity contribution in [1.29, 1.82) is 0 Å². The van der Waals surface area contributed by atoms with E-state index in [4.69, 9.17) is 0 Å². The second kappa shape index (κ2) is 4.09. The van der Waals surface area contributed by atoms with E-state index in [1.807, 2.05) is 13.8 Å². The molecule has 1 aromatic carbocycles. The van der Waals surface area contributed by atoms with Crippen LogP contribution in [0.2, 0.25) is 0 Å². The molecular formula is C15H17N3. The zero-order valence-electron chi connectivity index (χ0n) is 11.0. The van der Waals surface area contributed by atoms with Crippen molar-refractivity contribution in [1.82, 2.24) is 9.97 Å². The Kier molecular flexibility index (Phi) is 2.54. The molecule has 0 spiro atoms. The Labute approximate surface area is 108 Å². The molecule has 18 heavy (non-hydrogen) atoms. The summed E-state index contributed by atoms with van der Waals surface area (Å²) >= 11 is 0. The molecule has 92 valence electrons. The Bertz CT molecular complexity index is 572. The van der Waals surface area contributed by atoms with Crippen LogP contribution in [0.25, 0.3) is 0 Å². The molecule has 0 saturated heterocycles. The lowest BCUT2D eigenvalue weighted by atomic mass is 10.1. The predicted octanol–water partition coefficient (Wildman–Crippen LogP) is 3.18. The van der Waals surface area contributed by atoms with Crippen LogP contribution in [0.15, 0.2) is 30.3 Å². The molecule has 1 unspecified atom stereocenters. The molecule has 1 aliphatic rings. The Morgan fingerprint density at radius 3 is 2.72 bits per heavy atom. The van der Waals surface area contributed by atoms with Gasteiger partial charge in [-0.3, -0.25) is 0 Å². The Morgan fingerprint density at radius 2 is 1.94 bits per heavy atom. The molecule has 0 bridgehead atoms. The van der Waals surface area contributed by atoms with Gasteiger partial charge in [-0.1, -0.05) is 18.2 Å². The molecule has 0 amide bonds. The van der Waals surface area contributed by atoms with Crippen LogP contribution in [-0.2, 0) is 6.42 Å². The van der Waals surface area contributed by atoms with Crippen molar-refractivity contribution >= 4 is 11.5 Å². The molecule has 1 atom stereocenters. The summed E-state index contributed by atoms with van der Waals surface area (Å²) in [5.74, 6) is 1.85. The molecule has 0 saturated carbocycles. The number of para-hydroxylation sites is 1. The quantitative estimate of drug-likeness (QED) is 0.765. The summed E-state index contributed by atoms with van der Waals surface area (Å²) in [5, 5.41) is 0. The van der Waals surface area contributed by atoms with Crippen LogP contribution in [0, 0.1) is 13.8 Å².